The first-order valence-electron chi connectivity index (χ1n) is 9.39. The number of carbonyl (C=O) groups is 2. The van der Waals surface area contributed by atoms with Crippen LogP contribution in [-0.4, -0.2) is 21.9 Å². The molecule has 4 rings (SSSR count). The molecule has 1 fully saturated rings. The normalized spacial score (nSPS) is 15.7. The number of nitro benzene ring substituents is 1. The number of amidine groups is 1. The van der Waals surface area contributed by atoms with Crippen LogP contribution in [0, 0.1) is 10.1 Å². The van der Waals surface area contributed by atoms with Gasteiger partial charge in [-0.05, 0) is 48.2 Å². The topological polar surface area (TPSA) is 127 Å². The highest BCUT2D eigenvalue weighted by atomic mass is 32.2. The fourth-order valence-corrected chi connectivity index (χ4v) is 3.73. The zero-order valence-electron chi connectivity index (χ0n) is 16.7. The number of nitro groups is 1. The number of amides is 2. The van der Waals surface area contributed by atoms with Gasteiger partial charge in [-0.1, -0.05) is 12.1 Å². The number of rotatable bonds is 5. The van der Waals surface area contributed by atoms with Crippen molar-refractivity contribution in [1.82, 2.24) is 5.32 Å². The summed E-state index contributed by atoms with van der Waals surface area (Å²) in [7, 11) is 0. The molecule has 2 amide bonds. The minimum Gasteiger partial charge on any atom is -0.457 e. The summed E-state index contributed by atoms with van der Waals surface area (Å²) in [6, 6.07) is 16.4. The van der Waals surface area contributed by atoms with E-state index in [4.69, 9.17) is 4.42 Å². The van der Waals surface area contributed by atoms with Crippen LogP contribution in [0.2, 0.25) is 0 Å². The van der Waals surface area contributed by atoms with Crippen molar-refractivity contribution >= 4 is 51.9 Å². The number of carbonyl (C=O) groups excluding carboxylic acids is 2. The molecular formula is C22H16N4O5S. The van der Waals surface area contributed by atoms with Crippen molar-refractivity contribution in [2.24, 2.45) is 4.99 Å². The molecule has 10 heteroatoms. The Kier molecular flexibility index (Phi) is 5.86. The predicted octanol–water partition coefficient (Wildman–Crippen LogP) is 4.70. The van der Waals surface area contributed by atoms with E-state index >= 15 is 0 Å². The number of anilines is 1. The van der Waals surface area contributed by atoms with Gasteiger partial charge in [0.15, 0.2) is 5.17 Å². The smallest absolute Gasteiger partial charge is 0.270 e. The number of hydrogen-bond acceptors (Lipinski definition) is 7. The third-order valence-corrected chi connectivity index (χ3v) is 5.22. The van der Waals surface area contributed by atoms with Gasteiger partial charge in [0.2, 0.25) is 5.91 Å². The van der Waals surface area contributed by atoms with Crippen molar-refractivity contribution in [2.75, 3.05) is 5.32 Å². The predicted molar refractivity (Wildman–Crippen MR) is 122 cm³/mol. The number of nitrogens with one attached hydrogen (secondary N) is 2. The maximum Gasteiger partial charge on any atom is 0.270 e. The quantitative estimate of drug-likeness (QED) is 0.331. The Bertz CT molecular complexity index is 1280. The molecule has 0 unspecified atom stereocenters. The molecule has 32 heavy (non-hydrogen) atoms. The Morgan fingerprint density at radius 3 is 2.69 bits per heavy atom. The first-order chi connectivity index (χ1) is 15.4. The van der Waals surface area contributed by atoms with Gasteiger partial charge in [-0.3, -0.25) is 19.7 Å². The van der Waals surface area contributed by atoms with Gasteiger partial charge >= 0.3 is 0 Å². The van der Waals surface area contributed by atoms with Crippen LogP contribution in [0.4, 0.5) is 17.1 Å². The first kappa shape index (κ1) is 21.1. The summed E-state index contributed by atoms with van der Waals surface area (Å²) in [6.07, 6.45) is 1.59. The lowest BCUT2D eigenvalue weighted by Crippen LogP contribution is -2.19. The van der Waals surface area contributed by atoms with Gasteiger partial charge < -0.3 is 15.1 Å². The van der Waals surface area contributed by atoms with Crippen molar-refractivity contribution in [1.29, 1.82) is 0 Å². The number of hydrogen-bond donors (Lipinski definition) is 2. The van der Waals surface area contributed by atoms with Gasteiger partial charge in [0.25, 0.3) is 11.6 Å². The molecule has 160 valence electrons. The van der Waals surface area contributed by atoms with E-state index in [1.165, 1.54) is 30.8 Å². The average Bonchev–Trinajstić information content (AvgIpc) is 3.36. The number of nitrogens with zero attached hydrogens (tertiary/aromatic N) is 2. The van der Waals surface area contributed by atoms with Gasteiger partial charge in [-0.15, -0.1) is 0 Å². The molecule has 0 bridgehead atoms. The second-order valence-electron chi connectivity index (χ2n) is 6.72. The second kappa shape index (κ2) is 8.90. The maximum absolute atomic E-state index is 12.3. The number of aliphatic imine (C=N–C) groups is 1. The maximum atomic E-state index is 12.3. The summed E-state index contributed by atoms with van der Waals surface area (Å²) >= 11 is 1.17. The van der Waals surface area contributed by atoms with Crippen LogP contribution in [0.3, 0.4) is 0 Å². The number of furan rings is 1. The van der Waals surface area contributed by atoms with E-state index in [1.54, 1.807) is 54.6 Å². The lowest BCUT2D eigenvalue weighted by molar-refractivity contribution is -0.384. The minimum atomic E-state index is -0.469. The average molecular weight is 448 g/mol. The van der Waals surface area contributed by atoms with Crippen LogP contribution < -0.4 is 10.6 Å². The van der Waals surface area contributed by atoms with Gasteiger partial charge in [0.05, 0.1) is 15.5 Å². The van der Waals surface area contributed by atoms with E-state index in [0.29, 0.717) is 38.5 Å². The van der Waals surface area contributed by atoms with Crippen molar-refractivity contribution < 1.29 is 18.9 Å². The Morgan fingerprint density at radius 2 is 1.97 bits per heavy atom. The molecule has 1 saturated heterocycles. The molecule has 0 atom stereocenters. The van der Waals surface area contributed by atoms with Gasteiger partial charge in [0.1, 0.15) is 11.5 Å². The summed E-state index contributed by atoms with van der Waals surface area (Å²) in [5.41, 5.74) is 1.81. The van der Waals surface area contributed by atoms with E-state index in [2.05, 4.69) is 15.6 Å². The molecule has 0 aliphatic carbocycles. The zero-order chi connectivity index (χ0) is 22.7. The summed E-state index contributed by atoms with van der Waals surface area (Å²) in [5, 5.41) is 16.8. The standard InChI is InChI=1S/C22H16N4O5S/c1-13(27)23-15-5-7-16(8-6-15)24-22-25-21(28)20(32-22)12-18-9-10-19(31-18)14-3-2-4-17(11-14)26(29)30/h2-12H,1H3,(H,23,27)(H,24,25,28). The zero-order valence-corrected chi connectivity index (χ0v) is 17.5. The van der Waals surface area contributed by atoms with Crippen LogP contribution >= 0.6 is 11.8 Å². The monoisotopic (exact) mass is 448 g/mol. The van der Waals surface area contributed by atoms with Gasteiger partial charge in [-0.25, -0.2) is 4.99 Å². The Balaban J connectivity index is 1.49. The SMILES string of the molecule is CC(=O)Nc1ccc(N=C2NC(=O)C(=Cc3ccc(-c4cccc([N+](=O)[O-])c4)o3)S2)cc1. The summed E-state index contributed by atoms with van der Waals surface area (Å²) in [6.45, 7) is 1.43. The Labute approximate surface area is 186 Å². The lowest BCUT2D eigenvalue weighted by Gasteiger charge is -2.02. The molecule has 1 aliphatic rings. The van der Waals surface area contributed by atoms with E-state index in [-0.39, 0.29) is 17.5 Å². The molecule has 0 spiro atoms. The van der Waals surface area contributed by atoms with E-state index in [0.717, 1.165) is 0 Å². The fraction of sp³-hybridized carbons (Fsp3) is 0.0455. The van der Waals surface area contributed by atoms with Crippen LogP contribution in [0.15, 0.2) is 75.0 Å². The summed E-state index contributed by atoms with van der Waals surface area (Å²) < 4.78 is 5.75. The van der Waals surface area contributed by atoms with Crippen LogP contribution in [0.25, 0.3) is 17.4 Å². The number of non-ortho nitro benzene ring substituents is 1. The number of thioether (sulfide) groups is 1. The molecule has 3 aromatic rings. The van der Waals surface area contributed by atoms with Crippen LogP contribution in [-0.2, 0) is 9.59 Å². The van der Waals surface area contributed by atoms with Crippen molar-refractivity contribution in [2.45, 2.75) is 6.92 Å². The largest absolute Gasteiger partial charge is 0.457 e. The highest BCUT2D eigenvalue weighted by molar-refractivity contribution is 8.18. The molecule has 0 radical (unpaired) electrons. The Morgan fingerprint density at radius 1 is 1.19 bits per heavy atom. The third-order valence-electron chi connectivity index (χ3n) is 4.31. The molecular weight excluding hydrogens is 432 g/mol. The minimum absolute atomic E-state index is 0.0320. The van der Waals surface area contributed by atoms with E-state index < -0.39 is 4.92 Å². The van der Waals surface area contributed by atoms with Crippen LogP contribution in [0.5, 0.6) is 0 Å². The molecule has 1 aromatic heterocycles. The van der Waals surface area contributed by atoms with E-state index in [9.17, 15) is 19.7 Å². The first-order valence-corrected chi connectivity index (χ1v) is 10.2. The Hall–Kier alpha value is -4.18. The number of benzene rings is 2. The lowest BCUT2D eigenvalue weighted by atomic mass is 10.1. The van der Waals surface area contributed by atoms with Crippen LogP contribution in [0.1, 0.15) is 12.7 Å². The second-order valence-corrected chi connectivity index (χ2v) is 7.75. The third kappa shape index (κ3) is 4.93. The summed E-state index contributed by atoms with van der Waals surface area (Å²) in [5.74, 6) is 0.420. The highest BCUT2D eigenvalue weighted by Gasteiger charge is 2.24. The van der Waals surface area contributed by atoms with E-state index in [1.807, 2.05) is 0 Å². The summed E-state index contributed by atoms with van der Waals surface area (Å²) in [4.78, 5) is 38.7. The molecule has 0 saturated carbocycles. The van der Waals surface area contributed by atoms with Gasteiger partial charge in [0, 0.05) is 36.4 Å². The molecule has 1 aliphatic heterocycles. The van der Waals surface area contributed by atoms with Crippen molar-refractivity contribution in [3.8, 4) is 11.3 Å². The van der Waals surface area contributed by atoms with Gasteiger partial charge in [-0.2, -0.15) is 0 Å². The van der Waals surface area contributed by atoms with Crippen molar-refractivity contribution in [3.05, 3.63) is 81.4 Å². The molecule has 2 N–H and O–H groups in total. The molecule has 2 heterocycles. The highest BCUT2D eigenvalue weighted by Crippen LogP contribution is 2.31. The fourth-order valence-electron chi connectivity index (χ4n) is 2.91. The van der Waals surface area contributed by atoms with Crippen molar-refractivity contribution in [3.63, 3.8) is 0 Å². The molecule has 9 nitrogen and oxygen atoms in total. The molecule has 2 aromatic carbocycles.